The predicted octanol–water partition coefficient (Wildman–Crippen LogP) is 18.7. The summed E-state index contributed by atoms with van der Waals surface area (Å²) in [6.45, 7) is 5.72. The Morgan fingerprint density at radius 3 is 1.26 bits per heavy atom. The van der Waals surface area contributed by atoms with E-state index >= 15 is 0 Å². The molecule has 1 aliphatic heterocycles. The molecule has 1 amide bonds. The van der Waals surface area contributed by atoms with E-state index in [0.29, 0.717) is 12.8 Å². The number of ether oxygens (including phenoxy) is 3. The van der Waals surface area contributed by atoms with Crippen molar-refractivity contribution in [1.82, 2.24) is 5.32 Å². The van der Waals surface area contributed by atoms with Crippen LogP contribution in [0.1, 0.15) is 329 Å². The average molecular weight is 1210 g/mol. The molecule has 0 aromatic heterocycles. The molecule has 1 fully saturated rings. The van der Waals surface area contributed by atoms with Crippen LogP contribution < -0.4 is 5.32 Å². The second-order valence-corrected chi connectivity index (χ2v) is 24.9. The molecule has 0 aliphatic carbocycles. The van der Waals surface area contributed by atoms with Gasteiger partial charge < -0.3 is 45.1 Å². The summed E-state index contributed by atoms with van der Waals surface area (Å²) in [4.78, 5) is 26.7. The van der Waals surface area contributed by atoms with Crippen molar-refractivity contribution in [3.63, 3.8) is 0 Å². The standard InChI is InChI=1S/C75H135NO10/c1-4-7-10-13-16-19-22-25-27-29-31-33-34-35-37-38-40-42-44-47-50-53-56-59-62-68(79)74(83)76-66(67(78)61-58-55-52-49-46-24-21-18-15-12-9-6-3)65-84-75-73(72(82)71(81)69(64-77)85-75)86-70(80)63-60-57-54-51-48-45-43-41-39-36-32-30-28-26-23-20-17-14-11-8-5-2/h7,10,16,19,25,27,31,33,35,37,58,61,66-69,71-73,75,77-79,81-82H,4-6,8-9,11-15,17-18,20-24,26,28-30,32,34,36,38-57,59-60,62-65H2,1-3H3,(H,76,83)/b10-7-,19-16-,27-25-,33-31-,37-35-,61-58+. The van der Waals surface area contributed by atoms with Crippen LogP contribution in [0.5, 0.6) is 0 Å². The van der Waals surface area contributed by atoms with E-state index in [0.717, 1.165) is 96.3 Å². The Morgan fingerprint density at radius 1 is 0.465 bits per heavy atom. The van der Waals surface area contributed by atoms with E-state index < -0.39 is 67.4 Å². The molecule has 1 heterocycles. The van der Waals surface area contributed by atoms with Gasteiger partial charge in [-0.15, -0.1) is 0 Å². The minimum Gasteiger partial charge on any atom is -0.454 e. The summed E-state index contributed by atoms with van der Waals surface area (Å²) in [6, 6.07) is -1.03. The maximum Gasteiger partial charge on any atom is 0.306 e. The summed E-state index contributed by atoms with van der Waals surface area (Å²) in [6.07, 6.45) is 70.8. The summed E-state index contributed by atoms with van der Waals surface area (Å²) in [5.41, 5.74) is 0. The number of carbonyl (C=O) groups excluding carboxylic acids is 2. The van der Waals surface area contributed by atoms with Gasteiger partial charge in [0, 0.05) is 6.42 Å². The molecule has 86 heavy (non-hydrogen) atoms. The van der Waals surface area contributed by atoms with Crippen LogP contribution >= 0.6 is 0 Å². The second kappa shape index (κ2) is 62.3. The Morgan fingerprint density at radius 2 is 0.837 bits per heavy atom. The summed E-state index contributed by atoms with van der Waals surface area (Å²) < 4.78 is 17.7. The molecule has 8 unspecified atom stereocenters. The highest BCUT2D eigenvalue weighted by Crippen LogP contribution is 2.26. The third kappa shape index (κ3) is 49.0. The topological polar surface area (TPSA) is 175 Å². The zero-order chi connectivity index (χ0) is 62.4. The third-order valence-electron chi connectivity index (χ3n) is 16.9. The lowest BCUT2D eigenvalue weighted by atomic mass is 9.99. The number of hydrogen-bond acceptors (Lipinski definition) is 10. The molecule has 500 valence electrons. The van der Waals surface area contributed by atoms with Crippen LogP contribution in [0.4, 0.5) is 0 Å². The number of allylic oxidation sites excluding steroid dienone is 11. The van der Waals surface area contributed by atoms with Crippen molar-refractivity contribution >= 4 is 11.9 Å². The summed E-state index contributed by atoms with van der Waals surface area (Å²) in [7, 11) is 0. The molecule has 0 bridgehead atoms. The molecule has 11 nitrogen and oxygen atoms in total. The van der Waals surface area contributed by atoms with Crippen LogP contribution in [0.3, 0.4) is 0 Å². The first kappa shape index (κ1) is 81.1. The molecule has 0 saturated carbocycles. The molecular weight excluding hydrogens is 1070 g/mol. The van der Waals surface area contributed by atoms with Crippen LogP contribution in [-0.2, 0) is 23.8 Å². The molecule has 1 rings (SSSR count). The maximum atomic E-state index is 13.5. The lowest BCUT2D eigenvalue weighted by Crippen LogP contribution is -2.61. The lowest BCUT2D eigenvalue weighted by Gasteiger charge is -2.41. The number of rotatable bonds is 62. The molecule has 0 aromatic carbocycles. The number of hydrogen-bond donors (Lipinski definition) is 6. The molecule has 8 atom stereocenters. The molecule has 11 heteroatoms. The Labute approximate surface area is 528 Å². The van der Waals surface area contributed by atoms with Crippen molar-refractivity contribution in [2.45, 2.75) is 378 Å². The zero-order valence-electron chi connectivity index (χ0n) is 55.7. The van der Waals surface area contributed by atoms with E-state index in [9.17, 15) is 35.1 Å². The van der Waals surface area contributed by atoms with E-state index in [1.54, 1.807) is 6.08 Å². The van der Waals surface area contributed by atoms with E-state index in [1.807, 2.05) is 6.08 Å². The SMILES string of the molecule is CC/C=C\C/C=C\C/C=C\C/C=C\C/C=C\CCCCCCCCCCC(O)C(=O)NC(COC1OC(CO)C(O)C(O)C1OC(=O)CCCCCCCCCCCCCCCCCCCCCCC)C(O)/C=C/CCCCCCCCCCCC. The summed E-state index contributed by atoms with van der Waals surface area (Å²) in [5.74, 6) is -1.19. The minimum atomic E-state index is -1.62. The van der Waals surface area contributed by atoms with Gasteiger partial charge in [0.15, 0.2) is 12.4 Å². The second-order valence-electron chi connectivity index (χ2n) is 24.9. The number of carbonyl (C=O) groups is 2. The van der Waals surface area contributed by atoms with Crippen LogP contribution in [0.15, 0.2) is 72.9 Å². The first-order valence-electron chi connectivity index (χ1n) is 36.2. The summed E-state index contributed by atoms with van der Waals surface area (Å²) in [5, 5.41) is 57.3. The monoisotopic (exact) mass is 1210 g/mol. The number of unbranched alkanes of at least 4 members (excludes halogenated alkanes) is 38. The molecule has 0 spiro atoms. The Bertz CT molecular complexity index is 1680. The van der Waals surface area contributed by atoms with Crippen LogP contribution in [0.25, 0.3) is 0 Å². The zero-order valence-corrected chi connectivity index (χ0v) is 55.7. The highest BCUT2D eigenvalue weighted by molar-refractivity contribution is 5.80. The summed E-state index contributed by atoms with van der Waals surface area (Å²) >= 11 is 0. The van der Waals surface area contributed by atoms with Gasteiger partial charge in [-0.25, -0.2) is 0 Å². The van der Waals surface area contributed by atoms with Crippen LogP contribution in [0, 0.1) is 0 Å². The molecular formula is C75H135NO10. The van der Waals surface area contributed by atoms with Gasteiger partial charge in [-0.2, -0.15) is 0 Å². The van der Waals surface area contributed by atoms with E-state index in [-0.39, 0.29) is 19.4 Å². The van der Waals surface area contributed by atoms with Gasteiger partial charge in [0.2, 0.25) is 5.91 Å². The van der Waals surface area contributed by atoms with E-state index in [1.165, 1.54) is 186 Å². The normalized spacial score (nSPS) is 18.7. The van der Waals surface area contributed by atoms with Crippen molar-refractivity contribution < 1.29 is 49.3 Å². The van der Waals surface area contributed by atoms with Gasteiger partial charge in [-0.1, -0.05) is 325 Å². The fraction of sp³-hybridized carbons (Fsp3) is 0.813. The number of amides is 1. The van der Waals surface area contributed by atoms with E-state index in [4.69, 9.17) is 14.2 Å². The van der Waals surface area contributed by atoms with Crippen molar-refractivity contribution in [1.29, 1.82) is 0 Å². The fourth-order valence-electron chi connectivity index (χ4n) is 11.2. The number of esters is 1. The highest BCUT2D eigenvalue weighted by atomic mass is 16.7. The van der Waals surface area contributed by atoms with Crippen molar-refractivity contribution in [2.75, 3.05) is 13.2 Å². The van der Waals surface area contributed by atoms with Crippen molar-refractivity contribution in [3.8, 4) is 0 Å². The number of nitrogens with one attached hydrogen (secondary N) is 1. The maximum absolute atomic E-state index is 13.5. The molecule has 0 aromatic rings. The largest absolute Gasteiger partial charge is 0.454 e. The lowest BCUT2D eigenvalue weighted by molar-refractivity contribution is -0.305. The average Bonchev–Trinajstić information content (AvgIpc) is 3.68. The quantitative estimate of drug-likeness (QED) is 0.0195. The highest BCUT2D eigenvalue weighted by Gasteiger charge is 2.47. The van der Waals surface area contributed by atoms with Gasteiger partial charge in [0.1, 0.15) is 24.4 Å². The third-order valence-corrected chi connectivity index (χ3v) is 16.9. The minimum absolute atomic E-state index is 0.126. The Hall–Kier alpha value is -2.90. The fourth-order valence-corrected chi connectivity index (χ4v) is 11.2. The van der Waals surface area contributed by atoms with Gasteiger partial charge in [0.25, 0.3) is 0 Å². The number of aliphatic hydroxyl groups is 5. The van der Waals surface area contributed by atoms with Gasteiger partial charge >= 0.3 is 5.97 Å². The number of aliphatic hydroxyl groups excluding tert-OH is 5. The first-order chi connectivity index (χ1) is 42.2. The molecule has 6 N–H and O–H groups in total. The van der Waals surface area contributed by atoms with Crippen LogP contribution in [-0.4, -0.2) is 99.6 Å². The van der Waals surface area contributed by atoms with Gasteiger partial charge in [-0.05, 0) is 70.6 Å². The first-order valence-corrected chi connectivity index (χ1v) is 36.2. The van der Waals surface area contributed by atoms with E-state index in [2.05, 4.69) is 86.8 Å². The van der Waals surface area contributed by atoms with Crippen molar-refractivity contribution in [3.05, 3.63) is 72.9 Å². The van der Waals surface area contributed by atoms with Gasteiger partial charge in [0.05, 0.1) is 25.4 Å². The smallest absolute Gasteiger partial charge is 0.306 e. The molecule has 1 saturated heterocycles. The predicted molar refractivity (Wildman–Crippen MR) is 361 cm³/mol. The van der Waals surface area contributed by atoms with Gasteiger partial charge in [-0.3, -0.25) is 9.59 Å². The molecule has 1 aliphatic rings. The van der Waals surface area contributed by atoms with Crippen LogP contribution in [0.2, 0.25) is 0 Å². The Balaban J connectivity index is 2.57. The molecule has 0 radical (unpaired) electrons. The Kier molecular flexibility index (Phi) is 58.8. The van der Waals surface area contributed by atoms with Crippen molar-refractivity contribution in [2.24, 2.45) is 0 Å².